The summed E-state index contributed by atoms with van der Waals surface area (Å²) in [5.41, 5.74) is 5.31. The maximum Gasteiger partial charge on any atom is 0.220 e. The number of carbonyl (C=O) groups is 1. The van der Waals surface area contributed by atoms with Gasteiger partial charge in [0.25, 0.3) is 0 Å². The summed E-state index contributed by atoms with van der Waals surface area (Å²) in [6.07, 6.45) is 1.49. The van der Waals surface area contributed by atoms with Gasteiger partial charge < -0.3 is 5.73 Å². The molecule has 0 spiro atoms. The van der Waals surface area contributed by atoms with E-state index in [1.165, 1.54) is 6.20 Å². The van der Waals surface area contributed by atoms with Crippen molar-refractivity contribution in [1.82, 2.24) is 9.97 Å². The molecule has 0 unspecified atom stereocenters. The molecule has 0 aliphatic carbocycles. The van der Waals surface area contributed by atoms with E-state index in [0.717, 1.165) is 0 Å². The Morgan fingerprint density at radius 1 is 1.46 bits per heavy atom. The first-order valence-electron chi connectivity index (χ1n) is 4.04. The number of aromatic nitrogens is 2. The third-order valence-electron chi connectivity index (χ3n) is 1.59. The summed E-state index contributed by atoms with van der Waals surface area (Å²) in [4.78, 5) is 19.2. The highest BCUT2D eigenvalue weighted by atomic mass is 16.1. The van der Waals surface area contributed by atoms with Crippen molar-refractivity contribution < 1.29 is 4.79 Å². The minimum Gasteiger partial charge on any atom is -0.368 e. The summed E-state index contributed by atoms with van der Waals surface area (Å²) in [6.45, 7) is 5.52. The first kappa shape index (κ1) is 9.64. The lowest BCUT2D eigenvalue weighted by atomic mass is 9.89. The summed E-state index contributed by atoms with van der Waals surface area (Å²) in [6, 6.07) is 1.57. The molecule has 0 atom stereocenters. The molecule has 0 aliphatic rings. The van der Waals surface area contributed by atoms with E-state index in [1.54, 1.807) is 6.07 Å². The Labute approximate surface area is 77.2 Å². The Bertz CT molecular complexity index is 328. The van der Waals surface area contributed by atoms with E-state index in [1.807, 2.05) is 20.8 Å². The molecule has 0 fully saturated rings. The zero-order valence-electron chi connectivity index (χ0n) is 8.03. The van der Waals surface area contributed by atoms with Crippen molar-refractivity contribution in [1.29, 1.82) is 0 Å². The lowest BCUT2D eigenvalue weighted by molar-refractivity contribution is 0.0853. The molecule has 0 saturated carbocycles. The molecule has 0 bridgehead atoms. The van der Waals surface area contributed by atoms with E-state index in [0.29, 0.717) is 5.69 Å². The largest absolute Gasteiger partial charge is 0.368 e. The Morgan fingerprint density at radius 2 is 2.08 bits per heavy atom. The maximum atomic E-state index is 11.7. The molecule has 4 nitrogen and oxygen atoms in total. The van der Waals surface area contributed by atoms with Crippen LogP contribution in [0.1, 0.15) is 31.3 Å². The molecule has 13 heavy (non-hydrogen) atoms. The number of hydrogen-bond donors (Lipinski definition) is 1. The monoisotopic (exact) mass is 179 g/mol. The Balaban J connectivity index is 3.03. The van der Waals surface area contributed by atoms with Gasteiger partial charge in [0.15, 0.2) is 5.78 Å². The summed E-state index contributed by atoms with van der Waals surface area (Å²) in [5.74, 6) is 0.108. The average Bonchev–Trinajstić information content (AvgIpc) is 2.01. The number of anilines is 1. The SMILES string of the molecule is CC(C)(C)C(=O)c1ccnc(N)n1. The Morgan fingerprint density at radius 3 is 2.54 bits per heavy atom. The molecule has 0 aliphatic heterocycles. The highest BCUT2D eigenvalue weighted by Gasteiger charge is 2.23. The van der Waals surface area contributed by atoms with Gasteiger partial charge in [-0.2, -0.15) is 0 Å². The fourth-order valence-electron chi connectivity index (χ4n) is 0.884. The molecule has 0 radical (unpaired) electrons. The highest BCUT2D eigenvalue weighted by molar-refractivity contribution is 5.98. The second-order valence-electron chi connectivity index (χ2n) is 3.88. The van der Waals surface area contributed by atoms with Crippen LogP contribution in [0.5, 0.6) is 0 Å². The van der Waals surface area contributed by atoms with E-state index in [-0.39, 0.29) is 11.7 Å². The molecule has 1 heterocycles. The summed E-state index contributed by atoms with van der Waals surface area (Å²) >= 11 is 0. The number of rotatable bonds is 1. The quantitative estimate of drug-likeness (QED) is 0.659. The topological polar surface area (TPSA) is 68.9 Å². The van der Waals surface area contributed by atoms with Gasteiger partial charge in [-0.3, -0.25) is 4.79 Å². The van der Waals surface area contributed by atoms with Crippen LogP contribution in [0.2, 0.25) is 0 Å². The number of carbonyl (C=O) groups excluding carboxylic acids is 1. The third kappa shape index (κ3) is 2.24. The second kappa shape index (κ2) is 3.12. The van der Waals surface area contributed by atoms with Crippen molar-refractivity contribution in [2.75, 3.05) is 5.73 Å². The molecule has 1 aromatic heterocycles. The van der Waals surface area contributed by atoms with Gasteiger partial charge in [-0.15, -0.1) is 0 Å². The van der Waals surface area contributed by atoms with Gasteiger partial charge >= 0.3 is 0 Å². The maximum absolute atomic E-state index is 11.7. The molecule has 2 N–H and O–H groups in total. The van der Waals surface area contributed by atoms with E-state index < -0.39 is 5.41 Å². The van der Waals surface area contributed by atoms with E-state index in [4.69, 9.17) is 5.73 Å². The van der Waals surface area contributed by atoms with Gasteiger partial charge in [-0.25, -0.2) is 9.97 Å². The van der Waals surface area contributed by atoms with Crippen molar-refractivity contribution in [3.63, 3.8) is 0 Å². The molecule has 4 heteroatoms. The predicted octanol–water partition coefficient (Wildman–Crippen LogP) is 1.29. The Hall–Kier alpha value is -1.45. The molecule has 0 saturated heterocycles. The van der Waals surface area contributed by atoms with Crippen molar-refractivity contribution in [3.05, 3.63) is 18.0 Å². The minimum absolute atomic E-state index is 0.0263. The molecular weight excluding hydrogens is 166 g/mol. The number of ketones is 1. The van der Waals surface area contributed by atoms with Crippen LogP contribution >= 0.6 is 0 Å². The van der Waals surface area contributed by atoms with Crippen LogP contribution in [-0.4, -0.2) is 15.8 Å². The minimum atomic E-state index is -0.430. The third-order valence-corrected chi connectivity index (χ3v) is 1.59. The fourth-order valence-corrected chi connectivity index (χ4v) is 0.884. The van der Waals surface area contributed by atoms with Crippen LogP contribution in [-0.2, 0) is 0 Å². The zero-order chi connectivity index (χ0) is 10.1. The Kier molecular flexibility index (Phi) is 2.32. The van der Waals surface area contributed by atoms with Gasteiger partial charge in [0.1, 0.15) is 5.69 Å². The first-order valence-corrected chi connectivity index (χ1v) is 4.04. The van der Waals surface area contributed by atoms with Crippen molar-refractivity contribution in [2.24, 2.45) is 5.41 Å². The normalized spacial score (nSPS) is 11.3. The second-order valence-corrected chi connectivity index (χ2v) is 3.88. The van der Waals surface area contributed by atoms with Crippen LogP contribution in [0.25, 0.3) is 0 Å². The van der Waals surface area contributed by atoms with Crippen LogP contribution in [0.4, 0.5) is 5.95 Å². The number of nitrogen functional groups attached to an aromatic ring is 1. The summed E-state index contributed by atoms with van der Waals surface area (Å²) in [7, 11) is 0. The number of nitrogens with zero attached hydrogens (tertiary/aromatic N) is 2. The number of Topliss-reactive ketones (excluding diaryl/α,β-unsaturated/α-hetero) is 1. The first-order chi connectivity index (χ1) is 5.91. The zero-order valence-corrected chi connectivity index (χ0v) is 8.03. The number of hydrogen-bond acceptors (Lipinski definition) is 4. The van der Waals surface area contributed by atoms with Crippen molar-refractivity contribution >= 4 is 11.7 Å². The van der Waals surface area contributed by atoms with E-state index >= 15 is 0 Å². The highest BCUT2D eigenvalue weighted by Crippen LogP contribution is 2.19. The van der Waals surface area contributed by atoms with Gasteiger partial charge in [-0.1, -0.05) is 20.8 Å². The molecule has 1 rings (SSSR count). The van der Waals surface area contributed by atoms with Crippen LogP contribution < -0.4 is 5.73 Å². The summed E-state index contributed by atoms with van der Waals surface area (Å²) < 4.78 is 0. The molecule has 1 aromatic rings. The van der Waals surface area contributed by atoms with Crippen molar-refractivity contribution in [2.45, 2.75) is 20.8 Å². The fraction of sp³-hybridized carbons (Fsp3) is 0.444. The molecule has 0 aromatic carbocycles. The standard InChI is InChI=1S/C9H13N3O/c1-9(2,3)7(13)6-4-5-11-8(10)12-6/h4-5H,1-3H3,(H2,10,11,12). The molecule has 0 amide bonds. The van der Waals surface area contributed by atoms with Gasteiger partial charge in [0.05, 0.1) is 0 Å². The predicted molar refractivity (Wildman–Crippen MR) is 50.2 cm³/mol. The summed E-state index contributed by atoms with van der Waals surface area (Å²) in [5, 5.41) is 0. The van der Waals surface area contributed by atoms with Crippen LogP contribution in [0.3, 0.4) is 0 Å². The van der Waals surface area contributed by atoms with E-state index in [9.17, 15) is 4.79 Å². The molecular formula is C9H13N3O. The van der Waals surface area contributed by atoms with Gasteiger partial charge in [0, 0.05) is 11.6 Å². The smallest absolute Gasteiger partial charge is 0.220 e. The van der Waals surface area contributed by atoms with Crippen LogP contribution in [0, 0.1) is 5.41 Å². The van der Waals surface area contributed by atoms with E-state index in [2.05, 4.69) is 9.97 Å². The lowest BCUT2D eigenvalue weighted by Gasteiger charge is -2.15. The lowest BCUT2D eigenvalue weighted by Crippen LogP contribution is -2.21. The average molecular weight is 179 g/mol. The molecule has 70 valence electrons. The van der Waals surface area contributed by atoms with Gasteiger partial charge in [0.2, 0.25) is 5.95 Å². The van der Waals surface area contributed by atoms with Crippen LogP contribution in [0.15, 0.2) is 12.3 Å². The number of nitrogens with two attached hydrogens (primary N) is 1. The van der Waals surface area contributed by atoms with Crippen molar-refractivity contribution in [3.8, 4) is 0 Å². The van der Waals surface area contributed by atoms with Gasteiger partial charge in [-0.05, 0) is 6.07 Å².